The van der Waals surface area contributed by atoms with E-state index in [9.17, 15) is 9.59 Å². The first kappa shape index (κ1) is 10.3. The quantitative estimate of drug-likeness (QED) is 0.674. The van der Waals surface area contributed by atoms with Crippen LogP contribution in [0.2, 0.25) is 0 Å². The van der Waals surface area contributed by atoms with Crippen LogP contribution in [-0.4, -0.2) is 46.6 Å². The van der Waals surface area contributed by atoms with E-state index in [1.165, 1.54) is 12.4 Å². The Morgan fingerprint density at radius 2 is 2.25 bits per heavy atom. The number of carbonyl (C=O) groups is 2. The molecule has 0 saturated carbocycles. The highest BCUT2D eigenvalue weighted by Gasteiger charge is 2.18. The fourth-order valence-electron chi connectivity index (χ4n) is 1.43. The molecule has 1 aromatic rings. The molecule has 2 heterocycles. The van der Waals surface area contributed by atoms with Crippen LogP contribution in [-0.2, 0) is 4.79 Å². The standard InChI is InChI=1S/C9H10N4O3/c14-8-5-13(2-1-10-8)7-4-11-6(3-12-7)9(15)16/h3-4H,1-2,5H2,(H,10,14)(H,15,16). The van der Waals surface area contributed by atoms with E-state index >= 15 is 0 Å². The summed E-state index contributed by atoms with van der Waals surface area (Å²) in [5, 5.41) is 11.3. The zero-order valence-electron chi connectivity index (χ0n) is 8.38. The molecule has 0 radical (unpaired) electrons. The first-order chi connectivity index (χ1) is 7.66. The Kier molecular flexibility index (Phi) is 2.67. The largest absolute Gasteiger partial charge is 0.476 e. The Morgan fingerprint density at radius 1 is 1.44 bits per heavy atom. The first-order valence-electron chi connectivity index (χ1n) is 4.74. The van der Waals surface area contributed by atoms with Crippen molar-refractivity contribution in [1.29, 1.82) is 0 Å². The second-order valence-electron chi connectivity index (χ2n) is 3.34. The second-order valence-corrected chi connectivity index (χ2v) is 3.34. The average Bonchev–Trinajstić information content (AvgIpc) is 2.29. The van der Waals surface area contributed by atoms with Crippen molar-refractivity contribution in [3.8, 4) is 0 Å². The Labute approximate surface area is 91.1 Å². The van der Waals surface area contributed by atoms with Gasteiger partial charge in [0.2, 0.25) is 5.91 Å². The maximum Gasteiger partial charge on any atom is 0.356 e. The number of carbonyl (C=O) groups excluding carboxylic acids is 1. The summed E-state index contributed by atoms with van der Waals surface area (Å²) in [5.74, 6) is -0.675. The van der Waals surface area contributed by atoms with Gasteiger partial charge in [-0.1, -0.05) is 0 Å². The lowest BCUT2D eigenvalue weighted by molar-refractivity contribution is -0.120. The molecular formula is C9H10N4O3. The molecule has 0 atom stereocenters. The summed E-state index contributed by atoms with van der Waals surface area (Å²) >= 11 is 0. The van der Waals surface area contributed by atoms with Gasteiger partial charge in [-0.25, -0.2) is 14.8 Å². The van der Waals surface area contributed by atoms with Crippen LogP contribution in [0.1, 0.15) is 10.5 Å². The van der Waals surface area contributed by atoms with E-state index < -0.39 is 5.97 Å². The molecule has 84 valence electrons. The van der Waals surface area contributed by atoms with E-state index in [1.807, 2.05) is 0 Å². The minimum atomic E-state index is -1.12. The number of piperazine rings is 1. The molecule has 0 aliphatic carbocycles. The molecule has 7 heteroatoms. The number of nitrogens with one attached hydrogen (secondary N) is 1. The highest BCUT2D eigenvalue weighted by Crippen LogP contribution is 2.09. The Balaban J connectivity index is 2.14. The van der Waals surface area contributed by atoms with Gasteiger partial charge in [-0.05, 0) is 0 Å². The number of aromatic nitrogens is 2. The third-order valence-corrected chi connectivity index (χ3v) is 2.22. The van der Waals surface area contributed by atoms with Gasteiger partial charge in [0.25, 0.3) is 0 Å². The summed E-state index contributed by atoms with van der Waals surface area (Å²) in [5.41, 5.74) is -0.106. The molecule has 1 amide bonds. The smallest absolute Gasteiger partial charge is 0.356 e. The van der Waals surface area contributed by atoms with Crippen LogP contribution in [0, 0.1) is 0 Å². The number of aromatic carboxylic acids is 1. The molecule has 0 aromatic carbocycles. The Morgan fingerprint density at radius 3 is 2.81 bits per heavy atom. The molecule has 7 nitrogen and oxygen atoms in total. The maximum atomic E-state index is 11.1. The Hall–Kier alpha value is -2.18. The number of rotatable bonds is 2. The first-order valence-corrected chi connectivity index (χ1v) is 4.74. The molecule has 0 unspecified atom stereocenters. The van der Waals surface area contributed by atoms with Gasteiger partial charge in [0, 0.05) is 13.1 Å². The van der Waals surface area contributed by atoms with Gasteiger partial charge >= 0.3 is 5.97 Å². The van der Waals surface area contributed by atoms with Crippen LogP contribution >= 0.6 is 0 Å². The van der Waals surface area contributed by atoms with Gasteiger partial charge in [-0.3, -0.25) is 4.79 Å². The van der Waals surface area contributed by atoms with Crippen LogP contribution in [0.4, 0.5) is 5.82 Å². The fourth-order valence-corrected chi connectivity index (χ4v) is 1.43. The van der Waals surface area contributed by atoms with Gasteiger partial charge in [0.15, 0.2) is 5.69 Å². The van der Waals surface area contributed by atoms with Crippen LogP contribution in [0.15, 0.2) is 12.4 Å². The van der Waals surface area contributed by atoms with Crippen LogP contribution in [0.5, 0.6) is 0 Å². The van der Waals surface area contributed by atoms with Crippen molar-refractivity contribution < 1.29 is 14.7 Å². The monoisotopic (exact) mass is 222 g/mol. The van der Waals surface area contributed by atoms with Crippen molar-refractivity contribution in [3.05, 3.63) is 18.1 Å². The summed E-state index contributed by atoms with van der Waals surface area (Å²) in [6.07, 6.45) is 2.55. The molecule has 1 saturated heterocycles. The lowest BCUT2D eigenvalue weighted by Crippen LogP contribution is -2.48. The van der Waals surface area contributed by atoms with Crippen molar-refractivity contribution in [3.63, 3.8) is 0 Å². The Bertz CT molecular complexity index is 417. The molecule has 2 N–H and O–H groups in total. The number of amides is 1. The molecule has 0 spiro atoms. The topological polar surface area (TPSA) is 95.4 Å². The summed E-state index contributed by atoms with van der Waals surface area (Å²) in [6, 6.07) is 0. The molecular weight excluding hydrogens is 212 g/mol. The maximum absolute atomic E-state index is 11.1. The minimum Gasteiger partial charge on any atom is -0.476 e. The van der Waals surface area contributed by atoms with Gasteiger partial charge in [0.1, 0.15) is 5.82 Å². The highest BCUT2D eigenvalue weighted by atomic mass is 16.4. The van der Waals surface area contributed by atoms with Crippen molar-refractivity contribution in [1.82, 2.24) is 15.3 Å². The lowest BCUT2D eigenvalue weighted by Gasteiger charge is -2.27. The minimum absolute atomic E-state index is 0.0737. The molecule has 1 aromatic heterocycles. The van der Waals surface area contributed by atoms with E-state index in [-0.39, 0.29) is 18.1 Å². The molecule has 1 aliphatic heterocycles. The third-order valence-electron chi connectivity index (χ3n) is 2.22. The van der Waals surface area contributed by atoms with E-state index in [1.54, 1.807) is 4.90 Å². The lowest BCUT2D eigenvalue weighted by atomic mass is 10.3. The van der Waals surface area contributed by atoms with Crippen LogP contribution in [0.3, 0.4) is 0 Å². The van der Waals surface area contributed by atoms with Crippen LogP contribution in [0.25, 0.3) is 0 Å². The summed E-state index contributed by atoms with van der Waals surface area (Å²) in [7, 11) is 0. The van der Waals surface area contributed by atoms with Crippen molar-refractivity contribution in [2.24, 2.45) is 0 Å². The van der Waals surface area contributed by atoms with Gasteiger partial charge < -0.3 is 15.3 Å². The number of anilines is 1. The van der Waals surface area contributed by atoms with E-state index in [2.05, 4.69) is 15.3 Å². The third kappa shape index (κ3) is 2.08. The van der Waals surface area contributed by atoms with E-state index in [0.717, 1.165) is 0 Å². The normalized spacial score (nSPS) is 15.8. The zero-order valence-corrected chi connectivity index (χ0v) is 8.38. The molecule has 16 heavy (non-hydrogen) atoms. The second kappa shape index (κ2) is 4.13. The molecule has 2 rings (SSSR count). The predicted molar refractivity (Wildman–Crippen MR) is 54.2 cm³/mol. The van der Waals surface area contributed by atoms with Gasteiger partial charge in [-0.2, -0.15) is 0 Å². The summed E-state index contributed by atoms with van der Waals surface area (Å²) in [6.45, 7) is 1.43. The van der Waals surface area contributed by atoms with Gasteiger partial charge in [0.05, 0.1) is 18.9 Å². The molecule has 1 aliphatic rings. The van der Waals surface area contributed by atoms with E-state index in [0.29, 0.717) is 18.9 Å². The molecule has 1 fully saturated rings. The fraction of sp³-hybridized carbons (Fsp3) is 0.333. The SMILES string of the molecule is O=C1CN(c2cnc(C(=O)O)cn2)CCN1. The zero-order chi connectivity index (χ0) is 11.5. The van der Waals surface area contributed by atoms with E-state index in [4.69, 9.17) is 5.11 Å². The van der Waals surface area contributed by atoms with Crippen molar-refractivity contribution >= 4 is 17.7 Å². The van der Waals surface area contributed by atoms with Crippen molar-refractivity contribution in [2.45, 2.75) is 0 Å². The number of hydrogen-bond acceptors (Lipinski definition) is 5. The number of hydrogen-bond donors (Lipinski definition) is 2. The number of carboxylic acid groups (broad SMARTS) is 1. The highest BCUT2D eigenvalue weighted by molar-refractivity contribution is 5.85. The van der Waals surface area contributed by atoms with Crippen molar-refractivity contribution in [2.75, 3.05) is 24.5 Å². The van der Waals surface area contributed by atoms with Gasteiger partial charge in [-0.15, -0.1) is 0 Å². The number of nitrogens with zero attached hydrogens (tertiary/aromatic N) is 3. The summed E-state index contributed by atoms with van der Waals surface area (Å²) in [4.78, 5) is 31.1. The summed E-state index contributed by atoms with van der Waals surface area (Å²) < 4.78 is 0. The molecule has 0 bridgehead atoms. The average molecular weight is 222 g/mol. The number of carboxylic acids is 1. The predicted octanol–water partition coefficient (Wildman–Crippen LogP) is -0.889. The van der Waals surface area contributed by atoms with Crippen LogP contribution < -0.4 is 10.2 Å².